The standard InChI is InChI=1S/C17H15N3O2/c21-17(22)14-5-7-19-15(9-14)11-18-10-12-3-4-16-13(8-12)2-1-6-20-16/h1-9,18H,10-11H2,(H,21,22). The van der Waals surface area contributed by atoms with Gasteiger partial charge in [-0.15, -0.1) is 0 Å². The molecule has 110 valence electrons. The number of fused-ring (bicyclic) bond motifs is 1. The number of hydrogen-bond acceptors (Lipinski definition) is 4. The molecule has 22 heavy (non-hydrogen) atoms. The number of hydrogen-bond donors (Lipinski definition) is 2. The number of rotatable bonds is 5. The number of aromatic nitrogens is 2. The van der Waals surface area contributed by atoms with Crippen LogP contribution in [0.25, 0.3) is 10.9 Å². The minimum absolute atomic E-state index is 0.253. The van der Waals surface area contributed by atoms with Crippen molar-refractivity contribution in [3.63, 3.8) is 0 Å². The first-order valence-corrected chi connectivity index (χ1v) is 6.95. The molecule has 0 spiro atoms. The zero-order valence-corrected chi connectivity index (χ0v) is 11.9. The van der Waals surface area contributed by atoms with Crippen LogP contribution in [0.15, 0.2) is 54.9 Å². The molecule has 0 bridgehead atoms. The largest absolute Gasteiger partial charge is 0.478 e. The van der Waals surface area contributed by atoms with Gasteiger partial charge in [0.2, 0.25) is 0 Å². The average molecular weight is 293 g/mol. The van der Waals surface area contributed by atoms with E-state index in [0.29, 0.717) is 18.8 Å². The average Bonchev–Trinajstić information content (AvgIpc) is 2.55. The third-order valence-corrected chi connectivity index (χ3v) is 3.37. The fourth-order valence-electron chi connectivity index (χ4n) is 2.28. The highest BCUT2D eigenvalue weighted by Crippen LogP contribution is 2.13. The summed E-state index contributed by atoms with van der Waals surface area (Å²) in [4.78, 5) is 19.4. The Morgan fingerprint density at radius 2 is 1.95 bits per heavy atom. The van der Waals surface area contributed by atoms with Crippen LogP contribution in [0.1, 0.15) is 21.6 Å². The fraction of sp³-hybridized carbons (Fsp3) is 0.118. The van der Waals surface area contributed by atoms with Crippen molar-refractivity contribution in [2.75, 3.05) is 0 Å². The Kier molecular flexibility index (Phi) is 4.07. The van der Waals surface area contributed by atoms with Gasteiger partial charge in [0.25, 0.3) is 0 Å². The van der Waals surface area contributed by atoms with Gasteiger partial charge >= 0.3 is 5.97 Å². The van der Waals surface area contributed by atoms with Crippen LogP contribution >= 0.6 is 0 Å². The summed E-state index contributed by atoms with van der Waals surface area (Å²) in [5.74, 6) is -0.939. The zero-order valence-electron chi connectivity index (χ0n) is 11.9. The van der Waals surface area contributed by atoms with Crippen LogP contribution in [-0.2, 0) is 13.1 Å². The van der Waals surface area contributed by atoms with Crippen molar-refractivity contribution in [1.29, 1.82) is 0 Å². The summed E-state index contributed by atoms with van der Waals surface area (Å²) in [6, 6.07) is 13.1. The molecule has 0 aliphatic rings. The van der Waals surface area contributed by atoms with Crippen molar-refractivity contribution in [1.82, 2.24) is 15.3 Å². The van der Waals surface area contributed by atoms with Gasteiger partial charge in [-0.2, -0.15) is 0 Å². The van der Waals surface area contributed by atoms with Crippen LogP contribution in [0.2, 0.25) is 0 Å². The fourth-order valence-corrected chi connectivity index (χ4v) is 2.28. The predicted molar refractivity (Wildman–Crippen MR) is 83.5 cm³/mol. The summed E-state index contributed by atoms with van der Waals surface area (Å²) < 4.78 is 0. The van der Waals surface area contributed by atoms with Crippen molar-refractivity contribution in [2.45, 2.75) is 13.1 Å². The first kappa shape index (κ1) is 14.2. The number of pyridine rings is 2. The molecule has 0 saturated carbocycles. The number of carboxylic acid groups (broad SMARTS) is 1. The molecule has 1 aromatic carbocycles. The SMILES string of the molecule is O=C(O)c1ccnc(CNCc2ccc3ncccc3c2)c1. The summed E-state index contributed by atoms with van der Waals surface area (Å²) in [5, 5.41) is 13.3. The second-order valence-corrected chi connectivity index (χ2v) is 4.98. The van der Waals surface area contributed by atoms with E-state index in [-0.39, 0.29) is 5.56 Å². The van der Waals surface area contributed by atoms with E-state index < -0.39 is 5.97 Å². The lowest BCUT2D eigenvalue weighted by Crippen LogP contribution is -2.14. The number of carboxylic acids is 1. The molecule has 0 fully saturated rings. The van der Waals surface area contributed by atoms with Crippen molar-refractivity contribution < 1.29 is 9.90 Å². The zero-order chi connectivity index (χ0) is 15.4. The minimum atomic E-state index is -0.939. The van der Waals surface area contributed by atoms with E-state index in [1.165, 1.54) is 12.3 Å². The van der Waals surface area contributed by atoms with Gasteiger partial charge in [0.05, 0.1) is 16.8 Å². The van der Waals surface area contributed by atoms with Gasteiger partial charge in [-0.1, -0.05) is 12.1 Å². The van der Waals surface area contributed by atoms with Crippen LogP contribution in [0.3, 0.4) is 0 Å². The second-order valence-electron chi connectivity index (χ2n) is 4.98. The van der Waals surface area contributed by atoms with E-state index in [9.17, 15) is 4.79 Å². The van der Waals surface area contributed by atoms with Crippen LogP contribution in [0.4, 0.5) is 0 Å². The van der Waals surface area contributed by atoms with Gasteiger partial charge in [-0.25, -0.2) is 4.79 Å². The summed E-state index contributed by atoms with van der Waals surface area (Å²) in [6.45, 7) is 1.20. The monoisotopic (exact) mass is 293 g/mol. The van der Waals surface area contributed by atoms with E-state index in [1.807, 2.05) is 24.3 Å². The number of nitrogens with one attached hydrogen (secondary N) is 1. The Bertz CT molecular complexity index is 818. The third-order valence-electron chi connectivity index (χ3n) is 3.37. The van der Waals surface area contributed by atoms with Crippen molar-refractivity contribution in [3.05, 3.63) is 71.7 Å². The van der Waals surface area contributed by atoms with Crippen molar-refractivity contribution in [3.8, 4) is 0 Å². The first-order chi connectivity index (χ1) is 10.7. The molecule has 2 N–H and O–H groups in total. The lowest BCUT2D eigenvalue weighted by molar-refractivity contribution is 0.0696. The molecule has 5 nitrogen and oxygen atoms in total. The number of carbonyl (C=O) groups is 1. The highest BCUT2D eigenvalue weighted by molar-refractivity contribution is 5.87. The van der Waals surface area contributed by atoms with Crippen LogP contribution < -0.4 is 5.32 Å². The maximum absolute atomic E-state index is 10.9. The smallest absolute Gasteiger partial charge is 0.335 e. The number of benzene rings is 1. The predicted octanol–water partition coefficient (Wildman–Crippen LogP) is 2.62. The quantitative estimate of drug-likeness (QED) is 0.756. The first-order valence-electron chi connectivity index (χ1n) is 6.95. The lowest BCUT2D eigenvalue weighted by atomic mass is 10.1. The number of nitrogens with zero attached hydrogens (tertiary/aromatic N) is 2. The van der Waals surface area contributed by atoms with Crippen molar-refractivity contribution in [2.24, 2.45) is 0 Å². The topological polar surface area (TPSA) is 75.1 Å². The van der Waals surface area contributed by atoms with E-state index in [1.54, 1.807) is 12.3 Å². The van der Waals surface area contributed by atoms with Gasteiger partial charge < -0.3 is 10.4 Å². The second kappa shape index (κ2) is 6.32. The summed E-state index contributed by atoms with van der Waals surface area (Å²) in [5.41, 5.74) is 3.09. The third kappa shape index (κ3) is 3.27. The minimum Gasteiger partial charge on any atom is -0.478 e. The van der Waals surface area contributed by atoms with E-state index in [0.717, 1.165) is 16.5 Å². The Balaban J connectivity index is 1.64. The van der Waals surface area contributed by atoms with Gasteiger partial charge in [0.1, 0.15) is 0 Å². The van der Waals surface area contributed by atoms with Gasteiger partial charge in [0, 0.05) is 30.9 Å². The Hall–Kier alpha value is -2.79. The summed E-state index contributed by atoms with van der Waals surface area (Å²) in [7, 11) is 0. The Labute approximate surface area is 127 Å². The van der Waals surface area contributed by atoms with Crippen LogP contribution in [-0.4, -0.2) is 21.0 Å². The molecule has 2 heterocycles. The molecule has 0 aliphatic carbocycles. The molecular formula is C17H15N3O2. The molecule has 0 saturated heterocycles. The Morgan fingerprint density at radius 1 is 1.05 bits per heavy atom. The van der Waals surface area contributed by atoms with E-state index >= 15 is 0 Å². The molecular weight excluding hydrogens is 278 g/mol. The van der Waals surface area contributed by atoms with Gasteiger partial charge in [0.15, 0.2) is 0 Å². The number of aromatic carboxylic acids is 1. The van der Waals surface area contributed by atoms with Crippen LogP contribution in [0.5, 0.6) is 0 Å². The Morgan fingerprint density at radius 3 is 2.82 bits per heavy atom. The molecule has 0 amide bonds. The molecule has 0 unspecified atom stereocenters. The van der Waals surface area contributed by atoms with Gasteiger partial charge in [-0.05, 0) is 35.9 Å². The molecule has 5 heteroatoms. The molecule has 2 aromatic heterocycles. The lowest BCUT2D eigenvalue weighted by Gasteiger charge is -2.06. The molecule has 3 rings (SSSR count). The molecule has 0 radical (unpaired) electrons. The maximum atomic E-state index is 10.9. The normalized spacial score (nSPS) is 10.7. The van der Waals surface area contributed by atoms with E-state index in [4.69, 9.17) is 5.11 Å². The maximum Gasteiger partial charge on any atom is 0.335 e. The van der Waals surface area contributed by atoms with E-state index in [2.05, 4.69) is 21.4 Å². The van der Waals surface area contributed by atoms with Gasteiger partial charge in [-0.3, -0.25) is 9.97 Å². The summed E-state index contributed by atoms with van der Waals surface area (Å²) in [6.07, 6.45) is 3.30. The highest BCUT2D eigenvalue weighted by Gasteiger charge is 2.04. The molecule has 3 aromatic rings. The molecule has 0 aliphatic heterocycles. The highest BCUT2D eigenvalue weighted by atomic mass is 16.4. The summed E-state index contributed by atoms with van der Waals surface area (Å²) >= 11 is 0. The van der Waals surface area contributed by atoms with Crippen LogP contribution in [0, 0.1) is 0 Å². The van der Waals surface area contributed by atoms with Crippen molar-refractivity contribution >= 4 is 16.9 Å². The molecule has 0 atom stereocenters.